The summed E-state index contributed by atoms with van der Waals surface area (Å²) < 4.78 is 44.5. The van der Waals surface area contributed by atoms with Crippen LogP contribution in [0.5, 0.6) is 34.9 Å². The van der Waals surface area contributed by atoms with Gasteiger partial charge in [0.15, 0.2) is 34.3 Å². The highest BCUT2D eigenvalue weighted by Gasteiger charge is 2.78. The van der Waals surface area contributed by atoms with E-state index >= 15 is 0 Å². The Kier molecular flexibility index (Phi) is 13.1. The van der Waals surface area contributed by atoms with Crippen molar-refractivity contribution >= 4 is 130 Å². The van der Waals surface area contributed by atoms with Gasteiger partial charge in [0.2, 0.25) is 17.1 Å². The van der Waals surface area contributed by atoms with Crippen molar-refractivity contribution in [2.24, 2.45) is 0 Å². The zero-order valence-corrected chi connectivity index (χ0v) is 81.9. The second kappa shape index (κ2) is 24.2. The van der Waals surface area contributed by atoms with E-state index in [0.717, 1.165) is 46.1 Å². The highest BCUT2D eigenvalue weighted by atomic mass is 28.3. The number of benzene rings is 13. The van der Waals surface area contributed by atoms with Crippen molar-refractivity contribution in [1.29, 1.82) is 0 Å². The molecule has 16 heteroatoms. The minimum Gasteiger partial charge on any atom is -0.404 e. The number of para-hydroxylation sites is 6. The van der Waals surface area contributed by atoms with Crippen molar-refractivity contribution in [3.05, 3.63) is 412 Å². The molecule has 0 radical (unpaired) electrons. The lowest BCUT2D eigenvalue weighted by molar-refractivity contribution is -0.936. The van der Waals surface area contributed by atoms with Crippen molar-refractivity contribution in [3.8, 4) is 97.2 Å². The summed E-state index contributed by atoms with van der Waals surface area (Å²) in [5.41, 5.74) is 42.2. The number of aromatic nitrogens is 9. The van der Waals surface area contributed by atoms with Gasteiger partial charge in [0.1, 0.15) is 50.4 Å². The van der Waals surface area contributed by atoms with Crippen LogP contribution >= 0.6 is 0 Å². The normalized spacial score (nSPS) is 18.9. The van der Waals surface area contributed by atoms with Gasteiger partial charge in [-0.25, -0.2) is 0 Å². The van der Waals surface area contributed by atoms with E-state index in [1.54, 1.807) is 0 Å². The third kappa shape index (κ3) is 8.20. The lowest BCUT2D eigenvalue weighted by Gasteiger charge is -2.44. The Morgan fingerprint density at radius 3 is 0.965 bits per heavy atom. The maximum absolute atomic E-state index is 7.11. The fourth-order valence-corrected chi connectivity index (χ4v) is 31.0. The molecule has 0 saturated carbocycles. The Labute approximate surface area is 824 Å². The van der Waals surface area contributed by atoms with Crippen LogP contribution in [0.15, 0.2) is 340 Å². The topological polar surface area (TPSA) is 75.5 Å². The van der Waals surface area contributed by atoms with Gasteiger partial charge in [-0.05, 0) is 173 Å². The molecule has 0 N–H and O–H groups in total. The Morgan fingerprint density at radius 2 is 0.580 bits per heavy atom. The number of nitrogens with zero attached hydrogens (tertiary/aromatic N) is 12. The fourth-order valence-electron chi connectivity index (χ4n) is 29.9. The van der Waals surface area contributed by atoms with Crippen molar-refractivity contribution < 1.29 is 41.6 Å². The first-order valence-corrected chi connectivity index (χ1v) is 54.1. The van der Waals surface area contributed by atoms with Crippen LogP contribution in [0.3, 0.4) is 0 Å². The highest BCUT2D eigenvalue weighted by Crippen LogP contribution is 2.69. The SMILES string of the molecule is CC(C)(C)c1cc2[n+]3c(c1)-c1ccc4c5[n+]1C31c3c(cccc3-n3c6ccccc6c6ccc(c1c63)O2)N5c1ccccc1C4(C)C.CC1(C)c2ccccc2N2c3cccc4c3C35c6c(ccc7c8ccccc8n-4c67)Oc4cc(-c6ccccc6)cc([n+]43)-c3ccc1c2[n+]35.CC1(C)c2ccccc2N2c3cccc4c3C35c6c(ccc7c8ccccc8n-4c67)Oc4cc([Si](C)(C)C)cc([n+]43)-c3ccc1c2[n+]35. The summed E-state index contributed by atoms with van der Waals surface area (Å²) in [6.45, 7) is 28.5. The molecule has 15 aliphatic rings. The van der Waals surface area contributed by atoms with E-state index in [4.69, 9.17) is 14.2 Å². The molecule has 0 saturated heterocycles. The third-order valence-corrected chi connectivity index (χ3v) is 37.7. The van der Waals surface area contributed by atoms with Crippen LogP contribution in [-0.4, -0.2) is 21.8 Å². The summed E-state index contributed by atoms with van der Waals surface area (Å²) in [7, 11) is -1.70. The molecule has 15 nitrogen and oxygen atoms in total. The van der Waals surface area contributed by atoms with Crippen molar-refractivity contribution in [2.45, 2.75) is 121 Å². The summed E-state index contributed by atoms with van der Waals surface area (Å²) in [6, 6.07) is 127. The Morgan fingerprint density at radius 1 is 0.252 bits per heavy atom. The number of hydrogen-bond donors (Lipinski definition) is 0. The van der Waals surface area contributed by atoms with Gasteiger partial charge in [0.25, 0.3) is 34.5 Å². The molecule has 37 rings (SSSR count). The molecular weight excluding hydrogens is 1770 g/mol. The summed E-state index contributed by atoms with van der Waals surface area (Å²) >= 11 is 0. The molecule has 3 unspecified atom stereocenters. The van der Waals surface area contributed by atoms with Crippen LogP contribution in [0.1, 0.15) is 135 Å². The molecule has 0 aliphatic carbocycles. The number of hydrogen-bond acceptors (Lipinski definition) is 6. The smallest absolute Gasteiger partial charge is 0.379 e. The van der Waals surface area contributed by atoms with Gasteiger partial charge < -0.3 is 27.9 Å². The van der Waals surface area contributed by atoms with Gasteiger partial charge in [-0.1, -0.05) is 240 Å². The summed E-state index contributed by atoms with van der Waals surface area (Å²) in [5.74, 6) is 9.21. The zero-order chi connectivity index (χ0) is 94.7. The van der Waals surface area contributed by atoms with E-state index in [0.29, 0.717) is 0 Å². The molecular formula is C127H92N12O3Si+6. The zero-order valence-electron chi connectivity index (χ0n) is 80.9. The largest absolute Gasteiger partial charge is 0.404 e. The van der Waals surface area contributed by atoms with Crippen LogP contribution in [0, 0.1) is 0 Å². The molecule has 3 atom stereocenters. The second-order valence-electron chi connectivity index (χ2n) is 45.5. The van der Waals surface area contributed by atoms with Gasteiger partial charge in [-0.15, -0.1) is 27.4 Å². The molecule has 0 amide bonds. The van der Waals surface area contributed by atoms with Gasteiger partial charge in [0, 0.05) is 83.5 Å². The maximum atomic E-state index is 7.11. The molecule has 0 bridgehead atoms. The minimum absolute atomic E-state index is 0.0519. The van der Waals surface area contributed by atoms with Crippen LogP contribution < -0.4 is 61.5 Å². The van der Waals surface area contributed by atoms with Crippen LogP contribution in [-0.2, 0) is 38.6 Å². The molecule has 22 aromatic rings. The molecule has 3 spiro atoms. The molecule has 13 aromatic carbocycles. The van der Waals surface area contributed by atoms with Gasteiger partial charge >= 0.3 is 34.6 Å². The second-order valence-corrected chi connectivity index (χ2v) is 50.6. The molecule has 143 heavy (non-hydrogen) atoms. The van der Waals surface area contributed by atoms with E-state index < -0.39 is 25.1 Å². The molecule has 676 valence electrons. The Bertz CT molecular complexity index is 9720. The first kappa shape index (κ1) is 77.1. The number of anilines is 9. The number of ether oxygens (including phenoxy) is 3. The number of fused-ring (bicyclic) bond motifs is 24. The van der Waals surface area contributed by atoms with E-state index in [1.165, 1.54) is 246 Å². The summed E-state index contributed by atoms with van der Waals surface area (Å²) in [6.07, 6.45) is 0. The van der Waals surface area contributed by atoms with Gasteiger partial charge in [-0.2, -0.15) is 14.7 Å². The van der Waals surface area contributed by atoms with Crippen molar-refractivity contribution in [1.82, 2.24) is 13.7 Å². The predicted molar refractivity (Wildman–Crippen MR) is 562 cm³/mol. The van der Waals surface area contributed by atoms with Crippen molar-refractivity contribution in [3.63, 3.8) is 0 Å². The maximum Gasteiger partial charge on any atom is 0.379 e. The first-order valence-electron chi connectivity index (χ1n) is 50.6. The lowest BCUT2D eigenvalue weighted by Crippen LogP contribution is -2.76. The number of rotatable bonds is 2. The fraction of sp³-hybridized carbons (Fsp3) is 0.150. The quantitative estimate of drug-likeness (QED) is 0.127. The number of pyridine rings is 6. The van der Waals surface area contributed by atoms with E-state index in [-0.39, 0.29) is 21.7 Å². The monoisotopic (exact) mass is 1860 g/mol. The van der Waals surface area contributed by atoms with E-state index in [9.17, 15) is 0 Å². The average molecular weight is 1860 g/mol. The van der Waals surface area contributed by atoms with Crippen LogP contribution in [0.4, 0.5) is 51.6 Å². The van der Waals surface area contributed by atoms with Crippen molar-refractivity contribution in [2.75, 3.05) is 14.7 Å². The third-order valence-electron chi connectivity index (χ3n) is 35.7. The average Bonchev–Trinajstić information content (AvgIpc) is 1.48. The molecule has 15 aliphatic heterocycles. The summed E-state index contributed by atoms with van der Waals surface area (Å²) in [5, 5.41) is 8.98. The molecule has 9 aromatic heterocycles. The standard InChI is InChI=1S/C44H28N4O.C42H32N4O.C41H32N4OSi/c1-43(2)29-14-7-9-16-32(29)46-35-18-10-17-34-39(35)44-40-37(22-19-28-27-13-6-8-15-31(27)45(34)41(28)40)49-38-24-26(25-11-4-3-5-12-25)23-36(47(38)44)33-21-20-30(43)42(46)48(33)44;1-40(2,3)23-21-33-30-19-18-27-39-44(29-14-9-7-12-26(29)41(27,4)5)32-16-10-15-31-36(32)42(46(30)39)37-34(47-35(22-23)45(33)42)20-17-25-24-11-6-8-13-28(24)43(31)38(25)37;1-40(2)26-12-7-9-14-29(26)43-32-16-10-15-31-36(32)41-37-34(20-17-25-24-11-6-8-13-28(24)42(31)38(25)37)46-35-22-23(47(3,4)5)21-33(44(35)41)30-19-18-27(40)39(43)45(30)41/h3-24H,1-2H3;2*6-22H,1-5H3/q3*+2. The molecule has 0 fully saturated rings. The van der Waals surface area contributed by atoms with Gasteiger partial charge in [0.05, 0.1) is 93.1 Å². The summed E-state index contributed by atoms with van der Waals surface area (Å²) in [4.78, 5) is 7.69. The Hall–Kier alpha value is -16.8. The van der Waals surface area contributed by atoms with E-state index in [2.05, 4.69) is 477 Å². The highest BCUT2D eigenvalue weighted by molar-refractivity contribution is 6.88. The van der Waals surface area contributed by atoms with Gasteiger partial charge in [-0.3, -0.25) is 0 Å². The van der Waals surface area contributed by atoms with Crippen LogP contribution in [0.25, 0.3) is 128 Å². The lowest BCUT2D eigenvalue weighted by atomic mass is 9.72. The predicted octanol–water partition coefficient (Wildman–Crippen LogP) is 25.9. The minimum atomic E-state index is -1.70. The Balaban J connectivity index is 0.0000000913. The van der Waals surface area contributed by atoms with E-state index in [1.807, 2.05) is 0 Å². The molecule has 24 heterocycles. The first-order chi connectivity index (χ1) is 69.5. The van der Waals surface area contributed by atoms with Crippen LogP contribution in [0.2, 0.25) is 19.6 Å².